The van der Waals surface area contributed by atoms with Crippen LogP contribution in [0.5, 0.6) is 5.75 Å². The van der Waals surface area contributed by atoms with E-state index >= 15 is 0 Å². The molecule has 1 N–H and O–H groups in total. The molecule has 5 nitrogen and oxygen atoms in total. The fourth-order valence-corrected chi connectivity index (χ4v) is 4.12. The molecule has 1 aromatic heterocycles. The minimum atomic E-state index is 0.0330. The Morgan fingerprint density at radius 3 is 2.86 bits per heavy atom. The lowest BCUT2D eigenvalue weighted by molar-refractivity contribution is -0.116. The van der Waals surface area contributed by atoms with Crippen LogP contribution in [0.1, 0.15) is 55.3 Å². The first kappa shape index (κ1) is 20.8. The molecule has 1 aromatic carbocycles. The van der Waals surface area contributed by atoms with Crippen molar-refractivity contribution >= 4 is 22.4 Å². The summed E-state index contributed by atoms with van der Waals surface area (Å²) in [6.45, 7) is 7.95. The molecule has 0 atom stereocenters. The molecule has 1 fully saturated rings. The third-order valence-corrected chi connectivity index (χ3v) is 5.84. The first-order chi connectivity index (χ1) is 13.6. The number of piperidine rings is 1. The van der Waals surface area contributed by atoms with Gasteiger partial charge in [0.15, 0.2) is 5.13 Å². The second-order valence-corrected chi connectivity index (χ2v) is 8.46. The third kappa shape index (κ3) is 6.60. The van der Waals surface area contributed by atoms with E-state index in [0.717, 1.165) is 49.5 Å². The highest BCUT2D eigenvalue weighted by molar-refractivity contribution is 7.13. The Morgan fingerprint density at radius 2 is 2.04 bits per heavy atom. The molecule has 2 heterocycles. The van der Waals surface area contributed by atoms with E-state index in [1.807, 2.05) is 0 Å². The molecule has 0 unspecified atom stereocenters. The summed E-state index contributed by atoms with van der Waals surface area (Å²) in [5.41, 5.74) is 3.40. The van der Waals surface area contributed by atoms with Gasteiger partial charge in [0, 0.05) is 18.3 Å². The van der Waals surface area contributed by atoms with Gasteiger partial charge in [0.1, 0.15) is 5.75 Å². The average Bonchev–Trinajstić information content (AvgIpc) is 3.11. The number of aromatic nitrogens is 1. The van der Waals surface area contributed by atoms with Gasteiger partial charge in [0.25, 0.3) is 0 Å². The van der Waals surface area contributed by atoms with Crippen LogP contribution in [0.3, 0.4) is 0 Å². The number of hydrogen-bond donors (Lipinski definition) is 1. The third-order valence-electron chi connectivity index (χ3n) is 5.03. The maximum atomic E-state index is 12.1. The van der Waals surface area contributed by atoms with Crippen LogP contribution < -0.4 is 10.1 Å². The lowest BCUT2D eigenvalue weighted by Gasteiger charge is -2.25. The van der Waals surface area contributed by atoms with Crippen LogP contribution in [0.25, 0.3) is 0 Å². The quantitative estimate of drug-likeness (QED) is 0.605. The summed E-state index contributed by atoms with van der Waals surface area (Å²) in [6.07, 6.45) is 6.06. The molecule has 3 rings (SSSR count). The predicted molar refractivity (Wildman–Crippen MR) is 115 cm³/mol. The van der Waals surface area contributed by atoms with Gasteiger partial charge in [0.05, 0.1) is 12.3 Å². The highest BCUT2D eigenvalue weighted by atomic mass is 32.1. The standard InChI is InChI=1S/C22H31N3O2S/c1-17-9-10-18(2)20(14-17)27-13-7-4-8-21(26)24-22-23-19(16-28-22)15-25-11-5-3-6-12-25/h9-10,14,16H,3-8,11-13,15H2,1-2H3,(H,23,24,26). The van der Waals surface area contributed by atoms with Crippen molar-refractivity contribution in [2.45, 2.75) is 58.9 Å². The molecule has 0 saturated carbocycles. The molecular weight excluding hydrogens is 370 g/mol. The van der Waals surface area contributed by atoms with Crippen molar-refractivity contribution in [2.24, 2.45) is 0 Å². The Bertz CT molecular complexity index is 769. The van der Waals surface area contributed by atoms with Crippen molar-refractivity contribution in [2.75, 3.05) is 25.0 Å². The molecule has 152 valence electrons. The van der Waals surface area contributed by atoms with Gasteiger partial charge in [-0.1, -0.05) is 18.6 Å². The number of aryl methyl sites for hydroxylation is 2. The number of anilines is 1. The zero-order valence-electron chi connectivity index (χ0n) is 17.0. The number of benzene rings is 1. The second kappa shape index (κ2) is 10.6. The fourth-order valence-electron chi connectivity index (χ4n) is 3.40. The first-order valence-corrected chi connectivity index (χ1v) is 11.1. The summed E-state index contributed by atoms with van der Waals surface area (Å²) in [5.74, 6) is 0.971. The zero-order chi connectivity index (χ0) is 19.8. The summed E-state index contributed by atoms with van der Waals surface area (Å²) in [4.78, 5) is 19.2. The largest absolute Gasteiger partial charge is 0.493 e. The minimum absolute atomic E-state index is 0.0330. The van der Waals surface area contributed by atoms with E-state index in [0.29, 0.717) is 18.2 Å². The fraction of sp³-hybridized carbons (Fsp3) is 0.545. The maximum Gasteiger partial charge on any atom is 0.226 e. The molecule has 0 spiro atoms. The van der Waals surface area contributed by atoms with E-state index in [4.69, 9.17) is 4.74 Å². The first-order valence-electron chi connectivity index (χ1n) is 10.3. The number of nitrogens with zero attached hydrogens (tertiary/aromatic N) is 2. The summed E-state index contributed by atoms with van der Waals surface area (Å²) < 4.78 is 5.85. The number of ether oxygens (including phenoxy) is 1. The number of carbonyl (C=O) groups is 1. The minimum Gasteiger partial charge on any atom is -0.493 e. The number of amides is 1. The highest BCUT2D eigenvalue weighted by Gasteiger charge is 2.13. The molecule has 2 aromatic rings. The van der Waals surface area contributed by atoms with Gasteiger partial charge in [-0.3, -0.25) is 9.69 Å². The molecule has 0 bridgehead atoms. The monoisotopic (exact) mass is 401 g/mol. The van der Waals surface area contributed by atoms with Crippen LogP contribution >= 0.6 is 11.3 Å². The van der Waals surface area contributed by atoms with E-state index in [9.17, 15) is 4.79 Å². The van der Waals surface area contributed by atoms with Gasteiger partial charge in [-0.25, -0.2) is 4.98 Å². The molecule has 6 heteroatoms. The molecule has 1 aliphatic heterocycles. The van der Waals surface area contributed by atoms with Gasteiger partial charge >= 0.3 is 0 Å². The Kier molecular flexibility index (Phi) is 7.86. The van der Waals surface area contributed by atoms with Gasteiger partial charge in [-0.2, -0.15) is 0 Å². The van der Waals surface area contributed by atoms with E-state index in [1.165, 1.54) is 36.2 Å². The second-order valence-electron chi connectivity index (χ2n) is 7.60. The van der Waals surface area contributed by atoms with Crippen LogP contribution in [0.15, 0.2) is 23.6 Å². The SMILES string of the molecule is Cc1ccc(C)c(OCCCCC(=O)Nc2nc(CN3CCCCC3)cs2)c1. The molecule has 28 heavy (non-hydrogen) atoms. The van der Waals surface area contributed by atoms with Crippen molar-refractivity contribution in [1.29, 1.82) is 0 Å². The topological polar surface area (TPSA) is 54.5 Å². The van der Waals surface area contributed by atoms with Gasteiger partial charge < -0.3 is 10.1 Å². The Morgan fingerprint density at radius 1 is 1.21 bits per heavy atom. The van der Waals surface area contributed by atoms with Crippen LogP contribution in [-0.4, -0.2) is 35.5 Å². The number of unbranched alkanes of at least 4 members (excludes halogenated alkanes) is 1. The lowest BCUT2D eigenvalue weighted by Crippen LogP contribution is -2.29. The normalized spacial score (nSPS) is 14.8. The number of nitrogens with one attached hydrogen (secondary N) is 1. The summed E-state index contributed by atoms with van der Waals surface area (Å²) in [6, 6.07) is 6.22. The van der Waals surface area contributed by atoms with Gasteiger partial charge in [-0.05, 0) is 69.8 Å². The van der Waals surface area contributed by atoms with Crippen LogP contribution in [0, 0.1) is 13.8 Å². The molecule has 0 radical (unpaired) electrons. The van der Waals surface area contributed by atoms with Crippen LogP contribution in [0.2, 0.25) is 0 Å². The summed E-state index contributed by atoms with van der Waals surface area (Å²) >= 11 is 1.52. The maximum absolute atomic E-state index is 12.1. The molecular formula is C22H31N3O2S. The Labute approximate surface area is 172 Å². The number of likely N-dealkylation sites (tertiary alicyclic amines) is 1. The van der Waals surface area contributed by atoms with E-state index in [1.54, 1.807) is 0 Å². The molecule has 1 saturated heterocycles. The van der Waals surface area contributed by atoms with Crippen LogP contribution in [-0.2, 0) is 11.3 Å². The number of rotatable bonds is 9. The molecule has 0 aliphatic carbocycles. The average molecular weight is 402 g/mol. The van der Waals surface area contributed by atoms with Crippen molar-refractivity contribution in [3.63, 3.8) is 0 Å². The highest BCUT2D eigenvalue weighted by Crippen LogP contribution is 2.20. The van der Waals surface area contributed by atoms with E-state index in [-0.39, 0.29) is 5.91 Å². The smallest absolute Gasteiger partial charge is 0.226 e. The number of thiazole rings is 1. The van der Waals surface area contributed by atoms with Crippen molar-refractivity contribution < 1.29 is 9.53 Å². The van der Waals surface area contributed by atoms with Crippen molar-refractivity contribution in [1.82, 2.24) is 9.88 Å². The van der Waals surface area contributed by atoms with Crippen molar-refractivity contribution in [3.8, 4) is 5.75 Å². The predicted octanol–water partition coefficient (Wildman–Crippen LogP) is 4.93. The molecule has 1 amide bonds. The van der Waals surface area contributed by atoms with Crippen LogP contribution in [0.4, 0.5) is 5.13 Å². The zero-order valence-corrected chi connectivity index (χ0v) is 17.8. The van der Waals surface area contributed by atoms with Crippen molar-refractivity contribution in [3.05, 3.63) is 40.4 Å². The van der Waals surface area contributed by atoms with Gasteiger partial charge in [0.2, 0.25) is 5.91 Å². The number of carbonyl (C=O) groups excluding carboxylic acids is 1. The molecule has 1 aliphatic rings. The summed E-state index contributed by atoms with van der Waals surface area (Å²) in [5, 5.41) is 5.70. The Balaban J connectivity index is 1.32. The van der Waals surface area contributed by atoms with E-state index < -0.39 is 0 Å². The number of hydrogen-bond acceptors (Lipinski definition) is 5. The Hall–Kier alpha value is -1.92. The van der Waals surface area contributed by atoms with Gasteiger partial charge in [-0.15, -0.1) is 11.3 Å². The lowest BCUT2D eigenvalue weighted by atomic mass is 10.1. The van der Waals surface area contributed by atoms with E-state index in [2.05, 4.69) is 52.6 Å². The summed E-state index contributed by atoms with van der Waals surface area (Å²) in [7, 11) is 0.